The lowest BCUT2D eigenvalue weighted by Crippen LogP contribution is -2.36. The van der Waals surface area contributed by atoms with E-state index in [1.165, 1.54) is 22.2 Å². The van der Waals surface area contributed by atoms with Crippen molar-refractivity contribution in [3.63, 3.8) is 0 Å². The Bertz CT molecular complexity index is 570. The molecule has 0 bridgehead atoms. The van der Waals surface area contributed by atoms with Crippen LogP contribution >= 0.6 is 0 Å². The molecule has 1 aliphatic rings. The van der Waals surface area contributed by atoms with E-state index in [1.54, 1.807) is 0 Å². The number of para-hydroxylation sites is 1. The number of ether oxygens (including phenoxy) is 1. The third-order valence-electron chi connectivity index (χ3n) is 3.95. The molecule has 4 nitrogen and oxygen atoms in total. The van der Waals surface area contributed by atoms with E-state index in [-0.39, 0.29) is 0 Å². The number of hydrogen-bond donors (Lipinski definition) is 1. The van der Waals surface area contributed by atoms with Gasteiger partial charge in [0.25, 0.3) is 0 Å². The largest absolute Gasteiger partial charge is 0.379 e. The Labute approximate surface area is 113 Å². The molecule has 1 aliphatic heterocycles. The van der Waals surface area contributed by atoms with Crippen molar-refractivity contribution in [3.05, 3.63) is 35.5 Å². The summed E-state index contributed by atoms with van der Waals surface area (Å²) < 4.78 is 7.68. The fourth-order valence-corrected chi connectivity index (χ4v) is 2.86. The molecule has 0 amide bonds. The number of nitrogens with zero attached hydrogens (tertiary/aromatic N) is 2. The molecule has 0 radical (unpaired) electrons. The van der Waals surface area contributed by atoms with Gasteiger partial charge in [-0.1, -0.05) is 18.2 Å². The second-order valence-corrected chi connectivity index (χ2v) is 5.14. The van der Waals surface area contributed by atoms with Crippen LogP contribution in [0.4, 0.5) is 0 Å². The first-order valence-corrected chi connectivity index (χ1v) is 6.86. The van der Waals surface area contributed by atoms with Gasteiger partial charge >= 0.3 is 0 Å². The van der Waals surface area contributed by atoms with E-state index in [4.69, 9.17) is 10.5 Å². The minimum absolute atomic E-state index is 0.589. The van der Waals surface area contributed by atoms with Crippen LogP contribution in [0.15, 0.2) is 24.3 Å². The second-order valence-electron chi connectivity index (χ2n) is 5.14. The van der Waals surface area contributed by atoms with Crippen molar-refractivity contribution in [2.24, 2.45) is 12.8 Å². The third kappa shape index (κ3) is 2.39. The molecule has 1 fully saturated rings. The fraction of sp³-hybridized carbons (Fsp3) is 0.467. The van der Waals surface area contributed by atoms with Crippen molar-refractivity contribution in [1.82, 2.24) is 9.47 Å². The van der Waals surface area contributed by atoms with Crippen molar-refractivity contribution < 1.29 is 4.74 Å². The van der Waals surface area contributed by atoms with Crippen LogP contribution in [0.1, 0.15) is 11.3 Å². The second kappa shape index (κ2) is 5.33. The zero-order valence-electron chi connectivity index (χ0n) is 11.4. The van der Waals surface area contributed by atoms with Crippen LogP contribution in [0.2, 0.25) is 0 Å². The minimum Gasteiger partial charge on any atom is -0.379 e. The normalized spacial score (nSPS) is 17.2. The Morgan fingerprint density at radius 3 is 2.79 bits per heavy atom. The highest BCUT2D eigenvalue weighted by Crippen LogP contribution is 2.23. The van der Waals surface area contributed by atoms with E-state index in [9.17, 15) is 0 Å². The summed E-state index contributed by atoms with van der Waals surface area (Å²) in [5.41, 5.74) is 9.67. The molecule has 2 N–H and O–H groups in total. The SMILES string of the molecule is Cn1c(CN2CCOCC2)cc2cccc(CN)c21. The average Bonchev–Trinajstić information content (AvgIpc) is 2.77. The van der Waals surface area contributed by atoms with E-state index in [1.807, 2.05) is 0 Å². The van der Waals surface area contributed by atoms with Gasteiger partial charge in [0.2, 0.25) is 0 Å². The standard InChI is InChI=1S/C15H21N3O/c1-17-14(11-18-5-7-19-8-6-18)9-12-3-2-4-13(10-16)15(12)17/h2-4,9H,5-8,10-11,16H2,1H3. The first kappa shape index (κ1) is 12.7. The van der Waals surface area contributed by atoms with Crippen LogP contribution in [0.5, 0.6) is 0 Å². The van der Waals surface area contributed by atoms with Crippen LogP contribution in [0, 0.1) is 0 Å². The fourth-order valence-electron chi connectivity index (χ4n) is 2.86. The third-order valence-corrected chi connectivity index (χ3v) is 3.95. The molecule has 0 aliphatic carbocycles. The van der Waals surface area contributed by atoms with E-state index < -0.39 is 0 Å². The van der Waals surface area contributed by atoms with Crippen LogP contribution in [-0.2, 0) is 24.9 Å². The molecule has 1 aromatic heterocycles. The number of benzene rings is 1. The zero-order valence-corrected chi connectivity index (χ0v) is 11.4. The molecule has 0 spiro atoms. The smallest absolute Gasteiger partial charge is 0.0594 e. The first-order chi connectivity index (χ1) is 9.29. The van der Waals surface area contributed by atoms with E-state index in [2.05, 4.69) is 40.8 Å². The Morgan fingerprint density at radius 1 is 1.26 bits per heavy atom. The van der Waals surface area contributed by atoms with Gasteiger partial charge in [0.1, 0.15) is 0 Å². The highest BCUT2D eigenvalue weighted by molar-refractivity contribution is 5.84. The number of morpholine rings is 1. The lowest BCUT2D eigenvalue weighted by molar-refractivity contribution is 0.0333. The molecular formula is C15H21N3O. The van der Waals surface area contributed by atoms with E-state index in [0.717, 1.165) is 32.8 Å². The number of aryl methyl sites for hydroxylation is 1. The van der Waals surface area contributed by atoms with Crippen LogP contribution < -0.4 is 5.73 Å². The minimum atomic E-state index is 0.589. The average molecular weight is 259 g/mol. The van der Waals surface area contributed by atoms with Gasteiger partial charge in [-0.15, -0.1) is 0 Å². The summed E-state index contributed by atoms with van der Waals surface area (Å²) in [5, 5.41) is 1.29. The van der Waals surface area contributed by atoms with Crippen molar-refractivity contribution in [2.75, 3.05) is 26.3 Å². The number of aromatic nitrogens is 1. The summed E-state index contributed by atoms with van der Waals surface area (Å²) in [6.45, 7) is 5.30. The summed E-state index contributed by atoms with van der Waals surface area (Å²) in [7, 11) is 2.14. The first-order valence-electron chi connectivity index (χ1n) is 6.86. The van der Waals surface area contributed by atoms with Gasteiger partial charge in [-0.2, -0.15) is 0 Å². The van der Waals surface area contributed by atoms with E-state index >= 15 is 0 Å². The topological polar surface area (TPSA) is 43.4 Å². The van der Waals surface area contributed by atoms with Gasteiger partial charge in [0.15, 0.2) is 0 Å². The molecule has 0 saturated carbocycles. The van der Waals surface area contributed by atoms with Gasteiger partial charge in [0.05, 0.1) is 18.7 Å². The number of fused-ring (bicyclic) bond motifs is 1. The zero-order chi connectivity index (χ0) is 13.2. The molecule has 1 aromatic carbocycles. The van der Waals surface area contributed by atoms with Crippen LogP contribution in [0.3, 0.4) is 0 Å². The molecular weight excluding hydrogens is 238 g/mol. The molecule has 0 unspecified atom stereocenters. The Morgan fingerprint density at radius 2 is 2.05 bits per heavy atom. The molecule has 4 heteroatoms. The summed E-state index contributed by atoms with van der Waals surface area (Å²) >= 11 is 0. The maximum absolute atomic E-state index is 5.84. The van der Waals surface area contributed by atoms with Crippen LogP contribution in [-0.4, -0.2) is 35.8 Å². The molecule has 2 aromatic rings. The van der Waals surface area contributed by atoms with Gasteiger partial charge in [0, 0.05) is 44.3 Å². The summed E-state index contributed by atoms with van der Waals surface area (Å²) in [4.78, 5) is 2.44. The predicted molar refractivity (Wildman–Crippen MR) is 76.9 cm³/mol. The lowest BCUT2D eigenvalue weighted by atomic mass is 10.1. The highest BCUT2D eigenvalue weighted by atomic mass is 16.5. The summed E-state index contributed by atoms with van der Waals surface area (Å²) in [6, 6.07) is 8.64. The summed E-state index contributed by atoms with van der Waals surface area (Å²) in [6.07, 6.45) is 0. The van der Waals surface area contributed by atoms with Crippen molar-refractivity contribution in [1.29, 1.82) is 0 Å². The Hall–Kier alpha value is -1.36. The molecule has 1 saturated heterocycles. The Kier molecular flexibility index (Phi) is 3.55. The maximum Gasteiger partial charge on any atom is 0.0594 e. The van der Waals surface area contributed by atoms with Crippen molar-refractivity contribution >= 4 is 10.9 Å². The highest BCUT2D eigenvalue weighted by Gasteiger charge is 2.14. The lowest BCUT2D eigenvalue weighted by Gasteiger charge is -2.26. The molecule has 3 rings (SSSR count). The molecule has 19 heavy (non-hydrogen) atoms. The van der Waals surface area contributed by atoms with Crippen molar-refractivity contribution in [3.8, 4) is 0 Å². The quantitative estimate of drug-likeness (QED) is 0.907. The van der Waals surface area contributed by atoms with Crippen LogP contribution in [0.25, 0.3) is 10.9 Å². The molecule has 102 valence electrons. The van der Waals surface area contributed by atoms with Crippen molar-refractivity contribution in [2.45, 2.75) is 13.1 Å². The monoisotopic (exact) mass is 259 g/mol. The van der Waals surface area contributed by atoms with E-state index in [0.29, 0.717) is 6.54 Å². The summed E-state index contributed by atoms with van der Waals surface area (Å²) in [5.74, 6) is 0. The molecule has 0 atom stereocenters. The number of hydrogen-bond acceptors (Lipinski definition) is 3. The van der Waals surface area contributed by atoms with Gasteiger partial charge in [-0.25, -0.2) is 0 Å². The van der Waals surface area contributed by atoms with Gasteiger partial charge in [-0.3, -0.25) is 4.90 Å². The van der Waals surface area contributed by atoms with Gasteiger partial charge in [-0.05, 0) is 11.6 Å². The van der Waals surface area contributed by atoms with Gasteiger partial charge < -0.3 is 15.0 Å². The molecule has 2 heterocycles. The Balaban J connectivity index is 1.93. The number of nitrogens with two attached hydrogens (primary N) is 1. The number of rotatable bonds is 3. The maximum atomic E-state index is 5.84. The predicted octanol–water partition coefficient (Wildman–Crippen LogP) is 1.47.